The van der Waals surface area contributed by atoms with E-state index in [1.54, 1.807) is 64.4 Å². The molecule has 2 amide bonds. The summed E-state index contributed by atoms with van der Waals surface area (Å²) >= 11 is 5.90. The summed E-state index contributed by atoms with van der Waals surface area (Å²) in [5, 5.41) is 0.600. The van der Waals surface area contributed by atoms with Crippen LogP contribution in [0.2, 0.25) is 5.02 Å². The zero-order valence-electron chi connectivity index (χ0n) is 17.8. The Labute approximate surface area is 195 Å². The Balaban J connectivity index is 1.63. The van der Waals surface area contributed by atoms with E-state index < -0.39 is 17.8 Å². The van der Waals surface area contributed by atoms with Gasteiger partial charge in [-0.3, -0.25) is 4.90 Å². The third-order valence-corrected chi connectivity index (χ3v) is 5.69. The number of urea groups is 1. The lowest BCUT2D eigenvalue weighted by atomic mass is 10.0. The van der Waals surface area contributed by atoms with Crippen LogP contribution in [0.15, 0.2) is 72.8 Å². The van der Waals surface area contributed by atoms with Crippen LogP contribution in [0.5, 0.6) is 11.5 Å². The highest BCUT2D eigenvalue weighted by Crippen LogP contribution is 2.38. The summed E-state index contributed by atoms with van der Waals surface area (Å²) in [5.41, 5.74) is 0.302. The van der Waals surface area contributed by atoms with Crippen molar-refractivity contribution in [3.63, 3.8) is 0 Å². The normalized spacial score (nSPS) is 16.4. The Morgan fingerprint density at radius 1 is 1.00 bits per heavy atom. The molecule has 1 aliphatic heterocycles. The molecule has 0 saturated carbocycles. The fraction of sp³-hybridized carbons (Fsp3) is 0.240. The molecule has 0 aromatic heterocycles. The van der Waals surface area contributed by atoms with Gasteiger partial charge in [0.15, 0.2) is 0 Å². The van der Waals surface area contributed by atoms with Crippen molar-refractivity contribution in [1.82, 2.24) is 4.90 Å². The molecule has 1 saturated heterocycles. The molecular formula is C25H22ClF3N2O2. The van der Waals surface area contributed by atoms with Gasteiger partial charge in [-0.2, -0.15) is 13.2 Å². The quantitative estimate of drug-likeness (QED) is 0.369. The number of alkyl halides is 3. The molecule has 1 heterocycles. The molecule has 3 aromatic carbocycles. The zero-order valence-corrected chi connectivity index (χ0v) is 18.6. The summed E-state index contributed by atoms with van der Waals surface area (Å²) in [6.07, 6.45) is -3.70. The predicted molar refractivity (Wildman–Crippen MR) is 122 cm³/mol. The SMILES string of the molecule is CCCN1C[C@H](c2cccc(C(F)(F)F)c2)N(c2ccc(Oc3ccc(Cl)cc3)cc2)C1=O. The highest BCUT2D eigenvalue weighted by Gasteiger charge is 2.40. The van der Waals surface area contributed by atoms with Crippen LogP contribution in [0.4, 0.5) is 23.7 Å². The molecule has 0 spiro atoms. The van der Waals surface area contributed by atoms with E-state index in [9.17, 15) is 18.0 Å². The zero-order chi connectivity index (χ0) is 23.6. The van der Waals surface area contributed by atoms with Crippen LogP contribution in [0, 0.1) is 0 Å². The minimum Gasteiger partial charge on any atom is -0.457 e. The van der Waals surface area contributed by atoms with Crippen LogP contribution in [0.3, 0.4) is 0 Å². The first-order valence-electron chi connectivity index (χ1n) is 10.5. The van der Waals surface area contributed by atoms with Crippen LogP contribution in [-0.4, -0.2) is 24.0 Å². The maximum absolute atomic E-state index is 13.3. The lowest BCUT2D eigenvalue weighted by Gasteiger charge is -2.24. The van der Waals surface area contributed by atoms with Gasteiger partial charge >= 0.3 is 12.2 Å². The topological polar surface area (TPSA) is 32.8 Å². The average molecular weight is 475 g/mol. The Kier molecular flexibility index (Phi) is 6.51. The Morgan fingerprint density at radius 3 is 2.24 bits per heavy atom. The van der Waals surface area contributed by atoms with E-state index in [1.807, 2.05) is 6.92 Å². The molecule has 172 valence electrons. The summed E-state index contributed by atoms with van der Waals surface area (Å²) < 4.78 is 45.7. The number of ether oxygens (including phenoxy) is 1. The third-order valence-electron chi connectivity index (χ3n) is 5.44. The number of rotatable bonds is 6. The lowest BCUT2D eigenvalue weighted by Crippen LogP contribution is -2.32. The second-order valence-electron chi connectivity index (χ2n) is 7.79. The van der Waals surface area contributed by atoms with Gasteiger partial charge in [0, 0.05) is 23.8 Å². The molecule has 1 fully saturated rings. The Bertz CT molecular complexity index is 1120. The lowest BCUT2D eigenvalue weighted by molar-refractivity contribution is -0.137. The molecule has 4 nitrogen and oxygen atoms in total. The highest BCUT2D eigenvalue weighted by atomic mass is 35.5. The van der Waals surface area contributed by atoms with Crippen LogP contribution in [-0.2, 0) is 6.18 Å². The minimum absolute atomic E-state index is 0.231. The first-order valence-corrected chi connectivity index (χ1v) is 10.9. The smallest absolute Gasteiger partial charge is 0.416 e. The van der Waals surface area contributed by atoms with E-state index in [0.717, 1.165) is 18.6 Å². The van der Waals surface area contributed by atoms with Gasteiger partial charge < -0.3 is 9.64 Å². The van der Waals surface area contributed by atoms with Crippen molar-refractivity contribution in [2.45, 2.75) is 25.6 Å². The van der Waals surface area contributed by atoms with Crippen molar-refractivity contribution in [2.75, 3.05) is 18.0 Å². The van der Waals surface area contributed by atoms with Crippen molar-refractivity contribution >= 4 is 23.3 Å². The molecular weight excluding hydrogens is 453 g/mol. The number of halogens is 4. The Hall–Kier alpha value is -3.19. The molecule has 33 heavy (non-hydrogen) atoms. The van der Waals surface area contributed by atoms with E-state index in [-0.39, 0.29) is 6.03 Å². The van der Waals surface area contributed by atoms with Gasteiger partial charge in [0.05, 0.1) is 11.6 Å². The summed E-state index contributed by atoms with van der Waals surface area (Å²) in [6, 6.07) is 18.3. The van der Waals surface area contributed by atoms with E-state index >= 15 is 0 Å². The van der Waals surface area contributed by atoms with Gasteiger partial charge in [0.1, 0.15) is 11.5 Å². The number of nitrogens with zero attached hydrogens (tertiary/aromatic N) is 2. The maximum atomic E-state index is 13.3. The number of carbonyl (C=O) groups is 1. The first-order chi connectivity index (χ1) is 15.8. The van der Waals surface area contributed by atoms with Crippen LogP contribution in [0.25, 0.3) is 0 Å². The number of hydrogen-bond donors (Lipinski definition) is 0. The number of carbonyl (C=O) groups excluding carboxylic acids is 1. The highest BCUT2D eigenvalue weighted by molar-refractivity contribution is 6.30. The second-order valence-corrected chi connectivity index (χ2v) is 8.22. The molecule has 0 aliphatic carbocycles. The number of amides is 2. The predicted octanol–water partition coefficient (Wildman–Crippen LogP) is 7.54. The second kappa shape index (κ2) is 9.35. The van der Waals surface area contributed by atoms with Crippen molar-refractivity contribution in [3.05, 3.63) is 88.9 Å². The monoisotopic (exact) mass is 474 g/mol. The molecule has 0 bridgehead atoms. The van der Waals surface area contributed by atoms with Crippen molar-refractivity contribution in [3.8, 4) is 11.5 Å². The van der Waals surface area contributed by atoms with Gasteiger partial charge in [-0.15, -0.1) is 0 Å². The van der Waals surface area contributed by atoms with E-state index in [1.165, 1.54) is 6.07 Å². The summed E-state index contributed by atoms with van der Waals surface area (Å²) in [7, 11) is 0. The molecule has 8 heteroatoms. The summed E-state index contributed by atoms with van der Waals surface area (Å²) in [5.74, 6) is 1.18. The molecule has 1 atom stereocenters. The van der Waals surface area contributed by atoms with Gasteiger partial charge in [0.25, 0.3) is 0 Å². The molecule has 0 unspecified atom stereocenters. The third kappa shape index (κ3) is 5.09. The van der Waals surface area contributed by atoms with Crippen molar-refractivity contribution < 1.29 is 22.7 Å². The molecule has 0 radical (unpaired) electrons. The fourth-order valence-corrected chi connectivity index (χ4v) is 4.02. The maximum Gasteiger partial charge on any atom is 0.416 e. The number of hydrogen-bond acceptors (Lipinski definition) is 2. The average Bonchev–Trinajstić information content (AvgIpc) is 3.12. The standard InChI is InChI=1S/C25H22ClF3N2O2/c1-2-14-30-16-23(17-4-3-5-18(15-17)25(27,28)29)31(24(30)32)20-8-12-22(13-9-20)33-21-10-6-19(26)7-11-21/h3-13,15,23H,2,14,16H2,1H3/t23-/m1/s1. The van der Waals surface area contributed by atoms with Crippen LogP contribution >= 0.6 is 11.6 Å². The van der Waals surface area contributed by atoms with E-state index in [0.29, 0.717) is 40.9 Å². The van der Waals surface area contributed by atoms with Crippen LogP contribution in [0.1, 0.15) is 30.5 Å². The van der Waals surface area contributed by atoms with Gasteiger partial charge in [-0.25, -0.2) is 4.79 Å². The van der Waals surface area contributed by atoms with Gasteiger partial charge in [-0.05, 0) is 72.6 Å². The summed E-state index contributed by atoms with van der Waals surface area (Å²) in [4.78, 5) is 16.4. The van der Waals surface area contributed by atoms with Crippen molar-refractivity contribution in [1.29, 1.82) is 0 Å². The molecule has 3 aromatic rings. The molecule has 4 rings (SSSR count). The first kappa shape index (κ1) is 23.0. The van der Waals surface area contributed by atoms with Gasteiger partial charge in [-0.1, -0.05) is 30.7 Å². The number of anilines is 1. The molecule has 0 N–H and O–H groups in total. The van der Waals surface area contributed by atoms with Crippen molar-refractivity contribution in [2.24, 2.45) is 0 Å². The largest absolute Gasteiger partial charge is 0.457 e. The van der Waals surface area contributed by atoms with Gasteiger partial charge in [0.2, 0.25) is 0 Å². The van der Waals surface area contributed by atoms with E-state index in [2.05, 4.69) is 0 Å². The fourth-order valence-electron chi connectivity index (χ4n) is 3.89. The minimum atomic E-state index is -4.45. The number of benzene rings is 3. The molecule has 1 aliphatic rings. The van der Waals surface area contributed by atoms with E-state index in [4.69, 9.17) is 16.3 Å². The summed E-state index contributed by atoms with van der Waals surface area (Å²) in [6.45, 7) is 2.80. The van der Waals surface area contributed by atoms with Crippen LogP contribution < -0.4 is 9.64 Å². The Morgan fingerprint density at radius 2 is 1.64 bits per heavy atom.